The molecule has 148 valence electrons. The number of fused-ring (bicyclic) bond motifs is 1. The van der Waals surface area contributed by atoms with Gasteiger partial charge in [0.15, 0.2) is 0 Å². The third kappa shape index (κ3) is 4.08. The smallest absolute Gasteiger partial charge is 0.411 e. The van der Waals surface area contributed by atoms with Crippen molar-refractivity contribution < 1.29 is 14.3 Å². The first-order valence-electron chi connectivity index (χ1n) is 9.40. The third-order valence-electron chi connectivity index (χ3n) is 4.98. The number of benzene rings is 2. The number of methoxy groups -OCH3 is 1. The van der Waals surface area contributed by atoms with Gasteiger partial charge >= 0.3 is 12.1 Å². The first kappa shape index (κ1) is 18.6. The van der Waals surface area contributed by atoms with Crippen molar-refractivity contribution in [3.05, 3.63) is 66.4 Å². The molecule has 0 unspecified atom stereocenters. The van der Waals surface area contributed by atoms with Crippen LogP contribution in [0.1, 0.15) is 12.0 Å². The molecule has 4 rings (SSSR count). The van der Waals surface area contributed by atoms with Gasteiger partial charge < -0.3 is 19.9 Å². The summed E-state index contributed by atoms with van der Waals surface area (Å²) in [6.07, 6.45) is 4.37. The first-order chi connectivity index (χ1) is 14.1. The largest absolute Gasteiger partial charge is 0.453 e. The van der Waals surface area contributed by atoms with Crippen LogP contribution in [0.5, 0.6) is 0 Å². The lowest BCUT2D eigenvalue weighted by molar-refractivity contribution is 0.187. The number of nitrogens with one attached hydrogen (secondary N) is 3. The first-order valence-corrected chi connectivity index (χ1v) is 9.40. The van der Waals surface area contributed by atoms with Gasteiger partial charge in [0.1, 0.15) is 0 Å². The molecule has 1 aromatic heterocycles. The zero-order valence-electron chi connectivity index (χ0n) is 16.1. The molecule has 3 aromatic rings. The number of aromatic nitrogens is 1. The Hall–Kier alpha value is -3.74. The fourth-order valence-electron chi connectivity index (χ4n) is 3.48. The molecule has 0 fully saturated rings. The number of nitrogens with zero attached hydrogens (tertiary/aromatic N) is 1. The highest BCUT2D eigenvalue weighted by Crippen LogP contribution is 2.29. The van der Waals surface area contributed by atoms with Crippen LogP contribution < -0.4 is 10.6 Å². The molecule has 0 aliphatic carbocycles. The summed E-state index contributed by atoms with van der Waals surface area (Å²) in [5, 5.41) is 6.66. The summed E-state index contributed by atoms with van der Waals surface area (Å²) in [6, 6.07) is 15.0. The van der Waals surface area contributed by atoms with Crippen LogP contribution in [-0.2, 0) is 4.74 Å². The topological polar surface area (TPSA) is 86.5 Å². The Labute approximate surface area is 168 Å². The minimum absolute atomic E-state index is 0.172. The van der Waals surface area contributed by atoms with Crippen molar-refractivity contribution in [1.29, 1.82) is 0 Å². The zero-order chi connectivity index (χ0) is 20.2. The predicted octanol–water partition coefficient (Wildman–Crippen LogP) is 4.67. The molecule has 29 heavy (non-hydrogen) atoms. The average molecular weight is 390 g/mol. The molecule has 0 spiro atoms. The fourth-order valence-corrected chi connectivity index (χ4v) is 3.48. The molecule has 7 heteroatoms. The second-order valence-corrected chi connectivity index (χ2v) is 6.80. The minimum atomic E-state index is -0.556. The van der Waals surface area contributed by atoms with E-state index in [1.54, 1.807) is 29.2 Å². The number of hydrogen-bond acceptors (Lipinski definition) is 3. The van der Waals surface area contributed by atoms with Gasteiger partial charge in [0.25, 0.3) is 0 Å². The fraction of sp³-hybridized carbons (Fsp3) is 0.182. The van der Waals surface area contributed by atoms with E-state index in [1.807, 2.05) is 18.3 Å². The SMILES string of the molecule is COC(=O)Nc1cccc(NC(=O)N2CC=C(c3c[nH]c4ccccc34)CC2)c1. The van der Waals surface area contributed by atoms with Gasteiger partial charge in [0.05, 0.1) is 7.11 Å². The molecule has 3 N–H and O–H groups in total. The van der Waals surface area contributed by atoms with Crippen LogP contribution in [0.3, 0.4) is 0 Å². The maximum Gasteiger partial charge on any atom is 0.411 e. The van der Waals surface area contributed by atoms with Gasteiger partial charge in [-0.15, -0.1) is 0 Å². The highest BCUT2D eigenvalue weighted by Gasteiger charge is 2.19. The number of carbonyl (C=O) groups is 2. The van der Waals surface area contributed by atoms with E-state index >= 15 is 0 Å². The molecule has 2 heterocycles. The van der Waals surface area contributed by atoms with Crippen molar-refractivity contribution in [2.75, 3.05) is 30.8 Å². The molecule has 2 aromatic carbocycles. The van der Waals surface area contributed by atoms with E-state index in [9.17, 15) is 9.59 Å². The Bertz CT molecular complexity index is 1090. The molecule has 0 radical (unpaired) electrons. The lowest BCUT2D eigenvalue weighted by atomic mass is 9.99. The van der Waals surface area contributed by atoms with Crippen molar-refractivity contribution in [2.45, 2.75) is 6.42 Å². The summed E-state index contributed by atoms with van der Waals surface area (Å²) >= 11 is 0. The van der Waals surface area contributed by atoms with E-state index < -0.39 is 6.09 Å². The molecular weight excluding hydrogens is 368 g/mol. The number of rotatable bonds is 3. The summed E-state index contributed by atoms with van der Waals surface area (Å²) in [7, 11) is 1.30. The Kier molecular flexibility index (Phi) is 5.20. The summed E-state index contributed by atoms with van der Waals surface area (Å²) in [4.78, 5) is 29.0. The summed E-state index contributed by atoms with van der Waals surface area (Å²) in [5.74, 6) is 0. The minimum Gasteiger partial charge on any atom is -0.453 e. The van der Waals surface area contributed by atoms with Gasteiger partial charge in [-0.25, -0.2) is 9.59 Å². The van der Waals surface area contributed by atoms with Gasteiger partial charge in [0, 0.05) is 47.1 Å². The highest BCUT2D eigenvalue weighted by molar-refractivity contribution is 5.94. The van der Waals surface area contributed by atoms with Gasteiger partial charge in [-0.3, -0.25) is 5.32 Å². The number of ether oxygens (including phenoxy) is 1. The van der Waals surface area contributed by atoms with E-state index in [0.29, 0.717) is 24.5 Å². The van der Waals surface area contributed by atoms with Crippen LogP contribution in [0.2, 0.25) is 0 Å². The Morgan fingerprint density at radius 3 is 2.62 bits per heavy atom. The molecule has 0 saturated heterocycles. The second kappa shape index (κ2) is 8.10. The number of aromatic amines is 1. The van der Waals surface area contributed by atoms with Crippen molar-refractivity contribution in [3.63, 3.8) is 0 Å². The average Bonchev–Trinajstić information content (AvgIpc) is 3.18. The normalized spacial score (nSPS) is 13.7. The highest BCUT2D eigenvalue weighted by atomic mass is 16.5. The van der Waals surface area contributed by atoms with Gasteiger partial charge in [0.2, 0.25) is 0 Å². The van der Waals surface area contributed by atoms with Crippen LogP contribution >= 0.6 is 0 Å². The number of hydrogen-bond donors (Lipinski definition) is 3. The molecule has 0 atom stereocenters. The number of amides is 3. The van der Waals surface area contributed by atoms with Crippen molar-refractivity contribution >= 4 is 40.0 Å². The van der Waals surface area contributed by atoms with Crippen LogP contribution in [0.25, 0.3) is 16.5 Å². The van der Waals surface area contributed by atoms with Crippen LogP contribution in [0, 0.1) is 0 Å². The Morgan fingerprint density at radius 1 is 1.07 bits per heavy atom. The Balaban J connectivity index is 1.41. The van der Waals surface area contributed by atoms with Crippen molar-refractivity contribution in [3.8, 4) is 0 Å². The van der Waals surface area contributed by atoms with E-state index in [0.717, 1.165) is 11.9 Å². The third-order valence-corrected chi connectivity index (χ3v) is 4.98. The van der Waals surface area contributed by atoms with E-state index in [2.05, 4.69) is 38.6 Å². The van der Waals surface area contributed by atoms with Crippen LogP contribution in [0.4, 0.5) is 21.0 Å². The second-order valence-electron chi connectivity index (χ2n) is 6.80. The van der Waals surface area contributed by atoms with Gasteiger partial charge in [-0.2, -0.15) is 0 Å². The maximum absolute atomic E-state index is 12.6. The number of carbonyl (C=O) groups excluding carboxylic acids is 2. The summed E-state index contributed by atoms with van der Waals surface area (Å²) in [6.45, 7) is 1.18. The molecule has 0 bridgehead atoms. The number of urea groups is 1. The molecule has 1 aliphatic rings. The summed E-state index contributed by atoms with van der Waals surface area (Å²) < 4.78 is 4.58. The molecular formula is C22H22N4O3. The molecule has 0 saturated carbocycles. The standard InChI is InChI=1S/C22H22N4O3/c1-29-22(28)25-17-6-4-5-16(13-17)24-21(27)26-11-9-15(10-12-26)19-14-23-20-8-3-2-7-18(19)20/h2-9,13-14,23H,10-12H2,1H3,(H,24,27)(H,25,28). The number of anilines is 2. The van der Waals surface area contributed by atoms with E-state index in [4.69, 9.17) is 0 Å². The zero-order valence-corrected chi connectivity index (χ0v) is 16.1. The molecule has 7 nitrogen and oxygen atoms in total. The monoisotopic (exact) mass is 390 g/mol. The molecule has 1 aliphatic heterocycles. The van der Waals surface area contributed by atoms with Crippen molar-refractivity contribution in [2.24, 2.45) is 0 Å². The van der Waals surface area contributed by atoms with E-state index in [1.165, 1.54) is 23.6 Å². The van der Waals surface area contributed by atoms with Gasteiger partial charge in [-0.1, -0.05) is 30.3 Å². The van der Waals surface area contributed by atoms with Crippen LogP contribution in [0.15, 0.2) is 60.8 Å². The molecule has 3 amide bonds. The predicted molar refractivity (Wildman–Crippen MR) is 114 cm³/mol. The van der Waals surface area contributed by atoms with Crippen molar-refractivity contribution in [1.82, 2.24) is 9.88 Å². The lowest BCUT2D eigenvalue weighted by Crippen LogP contribution is -2.37. The lowest BCUT2D eigenvalue weighted by Gasteiger charge is -2.26. The number of para-hydroxylation sites is 1. The van der Waals surface area contributed by atoms with E-state index in [-0.39, 0.29) is 6.03 Å². The number of H-pyrrole nitrogens is 1. The van der Waals surface area contributed by atoms with Gasteiger partial charge in [-0.05, 0) is 36.3 Å². The maximum atomic E-state index is 12.6. The summed E-state index contributed by atoms with van der Waals surface area (Å²) in [5.41, 5.74) is 4.71. The van der Waals surface area contributed by atoms with Crippen LogP contribution in [-0.4, -0.2) is 42.2 Å². The Morgan fingerprint density at radius 2 is 1.86 bits per heavy atom. The quantitative estimate of drug-likeness (QED) is 0.607.